The Bertz CT molecular complexity index is 43.1. The Morgan fingerprint density at radius 1 is 1.00 bits per heavy atom. The van der Waals surface area contributed by atoms with E-state index in [0.717, 1.165) is 6.42 Å². The van der Waals surface area contributed by atoms with E-state index in [1.807, 2.05) is 0 Å². The number of aliphatic hydroxyl groups excluding tert-OH is 1. The van der Waals surface area contributed by atoms with Gasteiger partial charge < -0.3 is 12.0 Å². The van der Waals surface area contributed by atoms with Gasteiger partial charge in [0, 0.05) is 39.3 Å². The molecule has 0 unspecified atom stereocenters. The molecule has 0 aromatic rings. The van der Waals surface area contributed by atoms with Gasteiger partial charge in [-0.1, -0.05) is 39.0 Å². The Hall–Kier alpha value is 1.06. The van der Waals surface area contributed by atoms with Crippen LogP contribution in [-0.2, 0) is 32.7 Å². The van der Waals surface area contributed by atoms with Crippen molar-refractivity contribution in [2.75, 3.05) is 6.61 Å². The zero-order valence-corrected chi connectivity index (χ0v) is 11.5. The van der Waals surface area contributed by atoms with E-state index in [-0.39, 0.29) is 39.3 Å². The maximum Gasteiger partial charge on any atom is 0.0402 e. The first kappa shape index (κ1) is 18.8. The number of hydrogen-bond acceptors (Lipinski definition) is 1. The summed E-state index contributed by atoms with van der Waals surface area (Å²) in [6.07, 6.45) is 7.98. The van der Waals surface area contributed by atoms with Gasteiger partial charge >= 0.3 is 0 Å². The SMILES string of the molecule is CCO.[CH2-]CCCCCCC.[Y]. The molecule has 0 aliphatic rings. The predicted octanol–water partition coefficient (Wildman–Crippen LogP) is 3.18. The van der Waals surface area contributed by atoms with Crippen molar-refractivity contribution >= 4 is 0 Å². The van der Waals surface area contributed by atoms with Crippen molar-refractivity contribution in [3.63, 3.8) is 0 Å². The first-order valence-corrected chi connectivity index (χ1v) is 4.73. The molecule has 0 saturated carbocycles. The summed E-state index contributed by atoms with van der Waals surface area (Å²) in [5, 5.41) is 7.57. The zero-order chi connectivity index (χ0) is 8.95. The van der Waals surface area contributed by atoms with Gasteiger partial charge in [-0.15, -0.1) is 0 Å². The normalized spacial score (nSPS) is 8.00. The smallest absolute Gasteiger partial charge is 0.0402 e. The number of rotatable bonds is 5. The molecule has 0 saturated heterocycles. The standard InChI is InChI=1S/C8H17.C2H6O.Y/c1-3-5-7-8-6-4-2;1-2-3;/h1,3-8H2,2H3;3H,2H2,1H3;/q-1;;. The van der Waals surface area contributed by atoms with Gasteiger partial charge in [0.2, 0.25) is 0 Å². The fourth-order valence-electron chi connectivity index (χ4n) is 0.780. The van der Waals surface area contributed by atoms with Crippen molar-refractivity contribution in [3.8, 4) is 0 Å². The molecule has 0 bridgehead atoms. The van der Waals surface area contributed by atoms with E-state index < -0.39 is 0 Å². The topological polar surface area (TPSA) is 20.2 Å². The number of aliphatic hydroxyl groups is 1. The fraction of sp³-hybridized carbons (Fsp3) is 0.900. The minimum atomic E-state index is 0. The van der Waals surface area contributed by atoms with Crippen LogP contribution >= 0.6 is 0 Å². The summed E-state index contributed by atoms with van der Waals surface area (Å²) < 4.78 is 0. The van der Waals surface area contributed by atoms with Crippen LogP contribution < -0.4 is 0 Å². The van der Waals surface area contributed by atoms with Crippen molar-refractivity contribution in [1.82, 2.24) is 0 Å². The van der Waals surface area contributed by atoms with Gasteiger partial charge in [-0.3, -0.25) is 0 Å². The third kappa shape index (κ3) is 30.5. The van der Waals surface area contributed by atoms with E-state index in [9.17, 15) is 0 Å². The molecule has 1 radical (unpaired) electrons. The number of unbranched alkanes of at least 4 members (excludes halogenated alkanes) is 5. The first-order valence-electron chi connectivity index (χ1n) is 4.73. The minimum Gasteiger partial charge on any atom is -0.397 e. The molecule has 73 valence electrons. The molecule has 0 amide bonds. The van der Waals surface area contributed by atoms with Crippen LogP contribution in [0, 0.1) is 6.92 Å². The Labute approximate surface area is 103 Å². The Morgan fingerprint density at radius 2 is 1.42 bits per heavy atom. The van der Waals surface area contributed by atoms with Crippen molar-refractivity contribution in [3.05, 3.63) is 6.92 Å². The van der Waals surface area contributed by atoms with E-state index in [4.69, 9.17) is 5.11 Å². The molecule has 0 aliphatic heterocycles. The Kier molecular flexibility index (Phi) is 35.5. The largest absolute Gasteiger partial charge is 0.397 e. The summed E-state index contributed by atoms with van der Waals surface area (Å²) in [5.74, 6) is 0. The van der Waals surface area contributed by atoms with Gasteiger partial charge in [-0.05, 0) is 6.92 Å². The van der Waals surface area contributed by atoms with Crippen LogP contribution in [0.4, 0.5) is 0 Å². The van der Waals surface area contributed by atoms with Crippen LogP contribution in [0.25, 0.3) is 0 Å². The predicted molar refractivity (Wildman–Crippen MR) is 51.5 cm³/mol. The molecule has 12 heavy (non-hydrogen) atoms. The van der Waals surface area contributed by atoms with Crippen LogP contribution in [0.5, 0.6) is 0 Å². The molecule has 1 nitrogen and oxygen atoms in total. The van der Waals surface area contributed by atoms with Crippen molar-refractivity contribution in [1.29, 1.82) is 0 Å². The number of hydrogen-bond donors (Lipinski definition) is 1. The molecule has 0 aromatic carbocycles. The maximum atomic E-state index is 7.57. The summed E-state index contributed by atoms with van der Waals surface area (Å²) in [5.41, 5.74) is 0. The van der Waals surface area contributed by atoms with E-state index in [2.05, 4.69) is 13.8 Å². The molecule has 0 heterocycles. The molecule has 0 aliphatic carbocycles. The Morgan fingerprint density at radius 3 is 1.75 bits per heavy atom. The summed E-state index contributed by atoms with van der Waals surface area (Å²) in [4.78, 5) is 0. The van der Waals surface area contributed by atoms with E-state index in [1.165, 1.54) is 32.1 Å². The third-order valence-corrected chi connectivity index (χ3v) is 1.35. The van der Waals surface area contributed by atoms with Crippen LogP contribution in [0.2, 0.25) is 0 Å². The monoisotopic (exact) mass is 248 g/mol. The minimum absolute atomic E-state index is 0. The van der Waals surface area contributed by atoms with Crippen molar-refractivity contribution in [2.45, 2.75) is 52.4 Å². The second kappa shape index (κ2) is 22.7. The third-order valence-electron chi connectivity index (χ3n) is 1.35. The van der Waals surface area contributed by atoms with E-state index >= 15 is 0 Å². The molecular formula is C10H23OY-. The van der Waals surface area contributed by atoms with Gasteiger partial charge in [-0.2, -0.15) is 6.42 Å². The maximum absolute atomic E-state index is 7.57. The second-order valence-corrected chi connectivity index (χ2v) is 2.58. The zero-order valence-electron chi connectivity index (χ0n) is 8.68. The second-order valence-electron chi connectivity index (χ2n) is 2.58. The van der Waals surface area contributed by atoms with Gasteiger partial charge in [0.05, 0.1) is 0 Å². The summed E-state index contributed by atoms with van der Waals surface area (Å²) in [7, 11) is 0. The summed E-state index contributed by atoms with van der Waals surface area (Å²) in [6.45, 7) is 7.95. The van der Waals surface area contributed by atoms with Crippen molar-refractivity contribution in [2.24, 2.45) is 0 Å². The molecular weight excluding hydrogens is 225 g/mol. The van der Waals surface area contributed by atoms with Crippen LogP contribution in [0.15, 0.2) is 0 Å². The molecule has 0 rings (SSSR count). The van der Waals surface area contributed by atoms with Crippen LogP contribution in [-0.4, -0.2) is 11.7 Å². The molecule has 0 atom stereocenters. The molecule has 0 aromatic heterocycles. The van der Waals surface area contributed by atoms with Crippen LogP contribution in [0.3, 0.4) is 0 Å². The summed E-state index contributed by atoms with van der Waals surface area (Å²) >= 11 is 0. The van der Waals surface area contributed by atoms with Gasteiger partial charge in [-0.25, -0.2) is 0 Å². The first-order chi connectivity index (χ1) is 5.33. The average molecular weight is 248 g/mol. The molecule has 2 heteroatoms. The van der Waals surface area contributed by atoms with Gasteiger partial charge in [0.15, 0.2) is 0 Å². The molecule has 0 fully saturated rings. The fourth-order valence-corrected chi connectivity index (χ4v) is 0.780. The van der Waals surface area contributed by atoms with Crippen molar-refractivity contribution < 1.29 is 37.8 Å². The van der Waals surface area contributed by atoms with Gasteiger partial charge in [0.25, 0.3) is 0 Å². The molecule has 0 spiro atoms. The van der Waals surface area contributed by atoms with Gasteiger partial charge in [0.1, 0.15) is 0 Å². The van der Waals surface area contributed by atoms with E-state index in [0.29, 0.717) is 0 Å². The quantitative estimate of drug-likeness (QED) is 0.585. The average Bonchev–Trinajstić information content (AvgIpc) is 2.00. The van der Waals surface area contributed by atoms with Crippen LogP contribution in [0.1, 0.15) is 52.4 Å². The Balaban J connectivity index is -0.000000177. The van der Waals surface area contributed by atoms with E-state index in [1.54, 1.807) is 6.92 Å². The molecule has 1 N–H and O–H groups in total. The summed E-state index contributed by atoms with van der Waals surface area (Å²) in [6, 6.07) is 0.